The summed E-state index contributed by atoms with van der Waals surface area (Å²) in [6, 6.07) is 4.72. The number of nitrogens with one attached hydrogen (secondary N) is 1. The molecule has 1 heterocycles. The fraction of sp³-hybridized carbons (Fsp3) is 0.625. The predicted molar refractivity (Wildman–Crippen MR) is 123 cm³/mol. The van der Waals surface area contributed by atoms with Gasteiger partial charge in [-0.05, 0) is 65.5 Å². The average molecular weight is 447 g/mol. The van der Waals surface area contributed by atoms with Crippen molar-refractivity contribution in [3.05, 3.63) is 34.5 Å². The molecular weight excluding hydrogens is 411 g/mol. The first kappa shape index (κ1) is 24.0. The van der Waals surface area contributed by atoms with Crippen molar-refractivity contribution in [2.24, 2.45) is 5.92 Å². The Morgan fingerprint density at radius 2 is 1.84 bits per heavy atom. The van der Waals surface area contributed by atoms with E-state index < -0.39 is 17.0 Å². The van der Waals surface area contributed by atoms with E-state index in [-0.39, 0.29) is 23.8 Å². The van der Waals surface area contributed by atoms with E-state index in [1.54, 1.807) is 6.07 Å². The number of aromatic nitrogens is 3. The molecule has 0 spiro atoms. The highest BCUT2D eigenvalue weighted by molar-refractivity contribution is 5.55. The molecule has 1 aromatic heterocycles. The second-order valence-electron chi connectivity index (χ2n) is 9.72. The summed E-state index contributed by atoms with van der Waals surface area (Å²) in [6.45, 7) is 9.91. The maximum atomic E-state index is 14.4. The van der Waals surface area contributed by atoms with Gasteiger partial charge in [-0.3, -0.25) is 0 Å². The molecule has 0 saturated heterocycles. The molecule has 1 fully saturated rings. The van der Waals surface area contributed by atoms with Gasteiger partial charge in [0, 0.05) is 17.3 Å². The second kappa shape index (κ2) is 10.3. The molecule has 1 saturated carbocycles. The third-order valence-electron chi connectivity index (χ3n) is 5.43. The third-order valence-corrected chi connectivity index (χ3v) is 5.43. The molecule has 0 bridgehead atoms. The summed E-state index contributed by atoms with van der Waals surface area (Å²) in [6.07, 6.45) is 7.06. The van der Waals surface area contributed by atoms with E-state index in [0.717, 1.165) is 12.8 Å². The Balaban J connectivity index is 1.84. The lowest BCUT2D eigenvalue weighted by molar-refractivity contribution is 0.187. The van der Waals surface area contributed by atoms with Crippen LogP contribution in [0.15, 0.2) is 23.0 Å². The fourth-order valence-electron chi connectivity index (χ4n) is 3.89. The summed E-state index contributed by atoms with van der Waals surface area (Å²) in [7, 11) is 0. The maximum Gasteiger partial charge on any atom is 0.355 e. The van der Waals surface area contributed by atoms with E-state index in [1.165, 1.54) is 42.4 Å². The average Bonchev–Trinajstić information content (AvgIpc) is 2.95. The van der Waals surface area contributed by atoms with Gasteiger partial charge in [0.2, 0.25) is 5.95 Å². The molecule has 0 aliphatic heterocycles. The van der Waals surface area contributed by atoms with Gasteiger partial charge >= 0.3 is 11.7 Å². The lowest BCUT2D eigenvalue weighted by Crippen LogP contribution is -2.37. The Bertz CT molecular complexity index is 961. The maximum absolute atomic E-state index is 14.4. The molecule has 32 heavy (non-hydrogen) atoms. The SMILES string of the molecule is CC(C)Oc1ccc(Nc2nc(OCC3CCCCCC3)n(C(C)(C)C)c(=O)n2)cc1F. The van der Waals surface area contributed by atoms with Gasteiger partial charge in [-0.15, -0.1) is 0 Å². The third kappa shape index (κ3) is 6.43. The van der Waals surface area contributed by atoms with Crippen LogP contribution in [-0.2, 0) is 5.54 Å². The molecule has 176 valence electrons. The largest absolute Gasteiger partial charge is 0.488 e. The molecular formula is C24H35FN4O3. The number of anilines is 2. The smallest absolute Gasteiger partial charge is 0.355 e. The monoisotopic (exact) mass is 446 g/mol. The first-order chi connectivity index (χ1) is 15.1. The number of hydrogen-bond donors (Lipinski definition) is 1. The molecule has 1 aliphatic carbocycles. The van der Waals surface area contributed by atoms with Crippen LogP contribution in [0.2, 0.25) is 0 Å². The fourth-order valence-corrected chi connectivity index (χ4v) is 3.89. The van der Waals surface area contributed by atoms with Crippen LogP contribution in [0.4, 0.5) is 16.0 Å². The number of rotatable bonds is 7. The molecule has 0 atom stereocenters. The number of halogens is 1. The summed E-state index contributed by atoms with van der Waals surface area (Å²) in [4.78, 5) is 21.4. The lowest BCUT2D eigenvalue weighted by Gasteiger charge is -2.25. The van der Waals surface area contributed by atoms with Crippen LogP contribution in [0.1, 0.15) is 73.1 Å². The second-order valence-corrected chi connectivity index (χ2v) is 9.72. The van der Waals surface area contributed by atoms with E-state index in [0.29, 0.717) is 18.2 Å². The number of ether oxygens (including phenoxy) is 2. The minimum Gasteiger partial charge on any atom is -0.488 e. The predicted octanol–water partition coefficient (Wildman–Crippen LogP) is 5.41. The van der Waals surface area contributed by atoms with Crippen LogP contribution >= 0.6 is 0 Å². The van der Waals surface area contributed by atoms with Crippen molar-refractivity contribution >= 4 is 11.6 Å². The zero-order valence-corrected chi connectivity index (χ0v) is 19.8. The summed E-state index contributed by atoms with van der Waals surface area (Å²) in [5.74, 6) is 0.192. The Morgan fingerprint density at radius 1 is 1.16 bits per heavy atom. The van der Waals surface area contributed by atoms with Gasteiger partial charge < -0.3 is 14.8 Å². The van der Waals surface area contributed by atoms with Crippen LogP contribution in [0.3, 0.4) is 0 Å². The van der Waals surface area contributed by atoms with Crippen LogP contribution in [0.25, 0.3) is 0 Å². The highest BCUT2D eigenvalue weighted by Crippen LogP contribution is 2.27. The van der Waals surface area contributed by atoms with E-state index in [4.69, 9.17) is 9.47 Å². The zero-order valence-electron chi connectivity index (χ0n) is 19.8. The topological polar surface area (TPSA) is 78.3 Å². The van der Waals surface area contributed by atoms with Crippen molar-refractivity contribution in [2.45, 2.75) is 84.8 Å². The highest BCUT2D eigenvalue weighted by atomic mass is 19.1. The van der Waals surface area contributed by atoms with Crippen molar-refractivity contribution in [1.29, 1.82) is 0 Å². The van der Waals surface area contributed by atoms with Gasteiger partial charge in [0.05, 0.1) is 12.7 Å². The van der Waals surface area contributed by atoms with E-state index in [2.05, 4.69) is 15.3 Å². The molecule has 7 nitrogen and oxygen atoms in total. The molecule has 1 aromatic carbocycles. The van der Waals surface area contributed by atoms with E-state index in [1.807, 2.05) is 34.6 Å². The van der Waals surface area contributed by atoms with Crippen molar-refractivity contribution < 1.29 is 13.9 Å². The van der Waals surface area contributed by atoms with Crippen LogP contribution in [-0.4, -0.2) is 27.2 Å². The summed E-state index contributed by atoms with van der Waals surface area (Å²) in [5.41, 5.74) is -0.594. The molecule has 0 radical (unpaired) electrons. The van der Waals surface area contributed by atoms with Gasteiger partial charge in [0.1, 0.15) is 0 Å². The van der Waals surface area contributed by atoms with Crippen LogP contribution in [0, 0.1) is 11.7 Å². The van der Waals surface area contributed by atoms with Gasteiger partial charge in [0.25, 0.3) is 0 Å². The minimum atomic E-state index is -0.545. The normalized spacial score (nSPS) is 15.5. The Morgan fingerprint density at radius 3 is 2.44 bits per heavy atom. The van der Waals surface area contributed by atoms with Crippen molar-refractivity contribution in [2.75, 3.05) is 11.9 Å². The van der Waals surface area contributed by atoms with Gasteiger partial charge in [0.15, 0.2) is 11.6 Å². The molecule has 3 rings (SSSR count). The van der Waals surface area contributed by atoms with Crippen LogP contribution < -0.4 is 20.5 Å². The van der Waals surface area contributed by atoms with Gasteiger partial charge in [-0.2, -0.15) is 9.97 Å². The van der Waals surface area contributed by atoms with Crippen molar-refractivity contribution in [1.82, 2.24) is 14.5 Å². The molecule has 1 aliphatic rings. The molecule has 0 unspecified atom stereocenters. The molecule has 8 heteroatoms. The van der Waals surface area contributed by atoms with Crippen molar-refractivity contribution in [3.8, 4) is 11.8 Å². The first-order valence-corrected chi connectivity index (χ1v) is 11.5. The molecule has 0 amide bonds. The van der Waals surface area contributed by atoms with Gasteiger partial charge in [-0.25, -0.2) is 13.8 Å². The van der Waals surface area contributed by atoms with Crippen LogP contribution in [0.5, 0.6) is 11.8 Å². The summed E-state index contributed by atoms with van der Waals surface area (Å²) < 4.78 is 27.3. The number of nitrogens with zero attached hydrogens (tertiary/aromatic N) is 3. The molecule has 2 aromatic rings. The highest BCUT2D eigenvalue weighted by Gasteiger charge is 2.24. The quantitative estimate of drug-likeness (QED) is 0.573. The van der Waals surface area contributed by atoms with Crippen molar-refractivity contribution in [3.63, 3.8) is 0 Å². The number of hydrogen-bond acceptors (Lipinski definition) is 6. The Hall–Kier alpha value is -2.64. The minimum absolute atomic E-state index is 0.0725. The molecule has 1 N–H and O–H groups in total. The number of benzene rings is 1. The first-order valence-electron chi connectivity index (χ1n) is 11.5. The summed E-state index contributed by atoms with van der Waals surface area (Å²) in [5, 5.41) is 2.92. The lowest BCUT2D eigenvalue weighted by atomic mass is 10.0. The standard InChI is InChI=1S/C24H35FN4O3/c1-16(2)32-20-13-12-18(14-19(20)25)26-21-27-22(30)29(24(3,4)5)23(28-21)31-15-17-10-8-6-7-9-11-17/h12-14,16-17H,6-11,15H2,1-5H3,(H,26,27,30). The zero-order chi connectivity index (χ0) is 23.3. The summed E-state index contributed by atoms with van der Waals surface area (Å²) >= 11 is 0. The Labute approximate surface area is 189 Å². The Kier molecular flexibility index (Phi) is 7.74. The van der Waals surface area contributed by atoms with Gasteiger partial charge in [-0.1, -0.05) is 25.7 Å². The van der Waals surface area contributed by atoms with E-state index in [9.17, 15) is 9.18 Å². The van der Waals surface area contributed by atoms with E-state index >= 15 is 0 Å².